The zero-order valence-corrected chi connectivity index (χ0v) is 10.0. The summed E-state index contributed by atoms with van der Waals surface area (Å²) in [4.78, 5) is 11.6. The highest BCUT2D eigenvalue weighted by Gasteiger charge is 2.30. The van der Waals surface area contributed by atoms with Crippen LogP contribution in [-0.4, -0.2) is 18.5 Å². The number of nitrogens with one attached hydrogen (secondary N) is 2. The fourth-order valence-corrected chi connectivity index (χ4v) is 2.10. The van der Waals surface area contributed by atoms with Gasteiger partial charge in [-0.25, -0.2) is 4.39 Å². The molecule has 92 valence electrons. The Labute approximate surface area is 100 Å². The third kappa shape index (κ3) is 2.64. The maximum Gasteiger partial charge on any atom is 0.237 e. The molecule has 3 nitrogen and oxygen atoms in total. The molecule has 1 aromatic rings. The molecule has 1 aliphatic rings. The fraction of sp³-hybridized carbons (Fsp3) is 0.462. The second-order valence-corrected chi connectivity index (χ2v) is 4.74. The maximum atomic E-state index is 13.1. The number of piperazine rings is 1. The zero-order valence-electron chi connectivity index (χ0n) is 10.0. The van der Waals surface area contributed by atoms with Gasteiger partial charge in [-0.15, -0.1) is 0 Å². The lowest BCUT2D eigenvalue weighted by Crippen LogP contribution is -2.56. The summed E-state index contributed by atoms with van der Waals surface area (Å²) in [5.41, 5.74) is 0.871. The minimum atomic E-state index is -0.248. The van der Waals surface area contributed by atoms with E-state index < -0.39 is 0 Å². The summed E-state index contributed by atoms with van der Waals surface area (Å²) in [5, 5.41) is 6.13. The summed E-state index contributed by atoms with van der Waals surface area (Å²) >= 11 is 0. The van der Waals surface area contributed by atoms with Gasteiger partial charge in [-0.2, -0.15) is 0 Å². The van der Waals surface area contributed by atoms with E-state index in [9.17, 15) is 9.18 Å². The molecule has 4 heteroatoms. The van der Waals surface area contributed by atoms with Gasteiger partial charge in [-0.05, 0) is 23.6 Å². The number of rotatable bonds is 2. The fourth-order valence-electron chi connectivity index (χ4n) is 2.10. The third-order valence-electron chi connectivity index (χ3n) is 3.06. The average Bonchev–Trinajstić information content (AvgIpc) is 2.29. The van der Waals surface area contributed by atoms with Gasteiger partial charge in [0.1, 0.15) is 5.82 Å². The van der Waals surface area contributed by atoms with Crippen LogP contribution in [-0.2, 0) is 4.79 Å². The molecule has 0 spiro atoms. The van der Waals surface area contributed by atoms with Crippen LogP contribution < -0.4 is 10.6 Å². The Hall–Kier alpha value is -1.42. The monoisotopic (exact) mass is 236 g/mol. The second-order valence-electron chi connectivity index (χ2n) is 4.74. The Kier molecular flexibility index (Phi) is 3.43. The molecule has 17 heavy (non-hydrogen) atoms. The van der Waals surface area contributed by atoms with E-state index >= 15 is 0 Å². The van der Waals surface area contributed by atoms with Crippen molar-refractivity contribution in [1.29, 1.82) is 0 Å². The lowest BCUT2D eigenvalue weighted by Gasteiger charge is -2.33. The van der Waals surface area contributed by atoms with Crippen LogP contribution in [0.5, 0.6) is 0 Å². The molecule has 0 aromatic heterocycles. The highest BCUT2D eigenvalue weighted by molar-refractivity contribution is 5.83. The molecule has 0 saturated carbocycles. The summed E-state index contributed by atoms with van der Waals surface area (Å²) in [6.07, 6.45) is 0. The third-order valence-corrected chi connectivity index (χ3v) is 3.06. The van der Waals surface area contributed by atoms with E-state index in [0.29, 0.717) is 6.54 Å². The Balaban J connectivity index is 2.16. The normalized spacial score (nSPS) is 24.8. The van der Waals surface area contributed by atoms with Gasteiger partial charge in [0.2, 0.25) is 5.91 Å². The molecule has 2 N–H and O–H groups in total. The largest absolute Gasteiger partial charge is 0.353 e. The summed E-state index contributed by atoms with van der Waals surface area (Å²) in [6, 6.07) is 6.26. The SMILES string of the molecule is CC(C)C1NC(c2cccc(F)c2)CNC1=O. The van der Waals surface area contributed by atoms with Crippen LogP contribution in [0, 0.1) is 11.7 Å². The molecule has 0 aliphatic carbocycles. The molecular formula is C13H17FN2O. The van der Waals surface area contributed by atoms with E-state index in [1.165, 1.54) is 12.1 Å². The molecule has 1 aliphatic heterocycles. The van der Waals surface area contributed by atoms with Crippen LogP contribution in [0.15, 0.2) is 24.3 Å². The quantitative estimate of drug-likeness (QED) is 0.819. The van der Waals surface area contributed by atoms with Crippen molar-refractivity contribution in [3.8, 4) is 0 Å². The second kappa shape index (κ2) is 4.84. The number of hydrogen-bond acceptors (Lipinski definition) is 2. The lowest BCUT2D eigenvalue weighted by atomic mass is 9.96. The number of benzene rings is 1. The number of carbonyl (C=O) groups excluding carboxylic acids is 1. The highest BCUT2D eigenvalue weighted by Crippen LogP contribution is 2.19. The van der Waals surface area contributed by atoms with Crippen molar-refractivity contribution in [2.75, 3.05) is 6.54 Å². The van der Waals surface area contributed by atoms with Gasteiger partial charge in [0.15, 0.2) is 0 Å². The van der Waals surface area contributed by atoms with Crippen molar-refractivity contribution in [3.63, 3.8) is 0 Å². The topological polar surface area (TPSA) is 41.1 Å². The van der Waals surface area contributed by atoms with Crippen LogP contribution >= 0.6 is 0 Å². The molecule has 1 fully saturated rings. The molecular weight excluding hydrogens is 219 g/mol. The standard InChI is InChI=1S/C13H17FN2O/c1-8(2)12-13(17)15-7-11(16-12)9-4-3-5-10(14)6-9/h3-6,8,11-12,16H,7H2,1-2H3,(H,15,17). The smallest absolute Gasteiger partial charge is 0.237 e. The van der Waals surface area contributed by atoms with E-state index in [0.717, 1.165) is 5.56 Å². The summed E-state index contributed by atoms with van der Waals surface area (Å²) in [6.45, 7) is 4.49. The van der Waals surface area contributed by atoms with Gasteiger partial charge in [0, 0.05) is 6.54 Å². The molecule has 0 bridgehead atoms. The van der Waals surface area contributed by atoms with Gasteiger partial charge in [0.25, 0.3) is 0 Å². The number of hydrogen-bond donors (Lipinski definition) is 2. The predicted molar refractivity (Wildman–Crippen MR) is 63.9 cm³/mol. The Bertz CT molecular complexity index is 420. The Morgan fingerprint density at radius 3 is 2.82 bits per heavy atom. The van der Waals surface area contributed by atoms with Crippen molar-refractivity contribution in [3.05, 3.63) is 35.6 Å². The van der Waals surface area contributed by atoms with Crippen molar-refractivity contribution < 1.29 is 9.18 Å². The summed E-state index contributed by atoms with van der Waals surface area (Å²) < 4.78 is 13.1. The Morgan fingerprint density at radius 2 is 2.18 bits per heavy atom. The van der Waals surface area contributed by atoms with E-state index in [1.807, 2.05) is 19.9 Å². The Morgan fingerprint density at radius 1 is 1.41 bits per heavy atom. The van der Waals surface area contributed by atoms with Crippen LogP contribution in [0.4, 0.5) is 4.39 Å². The number of carbonyl (C=O) groups is 1. The van der Waals surface area contributed by atoms with Gasteiger partial charge in [-0.1, -0.05) is 26.0 Å². The van der Waals surface area contributed by atoms with Crippen molar-refractivity contribution in [2.24, 2.45) is 5.92 Å². The number of halogens is 1. The minimum Gasteiger partial charge on any atom is -0.353 e. The van der Waals surface area contributed by atoms with Crippen molar-refractivity contribution >= 4 is 5.91 Å². The van der Waals surface area contributed by atoms with Crippen LogP contribution in [0.25, 0.3) is 0 Å². The zero-order chi connectivity index (χ0) is 12.4. The van der Waals surface area contributed by atoms with E-state index in [1.54, 1.807) is 6.07 Å². The van der Waals surface area contributed by atoms with Crippen molar-refractivity contribution in [1.82, 2.24) is 10.6 Å². The number of amides is 1. The minimum absolute atomic E-state index is 0.0178. The van der Waals surface area contributed by atoms with Gasteiger partial charge >= 0.3 is 0 Å². The first-order valence-corrected chi connectivity index (χ1v) is 5.87. The van der Waals surface area contributed by atoms with Crippen LogP contribution in [0.1, 0.15) is 25.5 Å². The molecule has 1 heterocycles. The molecule has 1 amide bonds. The first kappa shape index (κ1) is 12.0. The van der Waals surface area contributed by atoms with Gasteiger partial charge < -0.3 is 5.32 Å². The van der Waals surface area contributed by atoms with Crippen LogP contribution in [0.2, 0.25) is 0 Å². The van der Waals surface area contributed by atoms with E-state index in [-0.39, 0.29) is 29.7 Å². The van der Waals surface area contributed by atoms with E-state index in [2.05, 4.69) is 10.6 Å². The summed E-state index contributed by atoms with van der Waals surface area (Å²) in [5.74, 6) is -0.0127. The molecule has 2 rings (SSSR count). The van der Waals surface area contributed by atoms with Crippen molar-refractivity contribution in [2.45, 2.75) is 25.9 Å². The summed E-state index contributed by atoms with van der Waals surface area (Å²) in [7, 11) is 0. The van der Waals surface area contributed by atoms with Crippen LogP contribution in [0.3, 0.4) is 0 Å². The van der Waals surface area contributed by atoms with E-state index in [4.69, 9.17) is 0 Å². The maximum absolute atomic E-state index is 13.1. The highest BCUT2D eigenvalue weighted by atomic mass is 19.1. The molecule has 1 aromatic carbocycles. The average molecular weight is 236 g/mol. The lowest BCUT2D eigenvalue weighted by molar-refractivity contribution is -0.126. The first-order chi connectivity index (χ1) is 8.08. The molecule has 2 unspecified atom stereocenters. The molecule has 1 saturated heterocycles. The molecule has 0 radical (unpaired) electrons. The molecule has 2 atom stereocenters. The van der Waals surface area contributed by atoms with Gasteiger partial charge in [0.05, 0.1) is 12.1 Å². The first-order valence-electron chi connectivity index (χ1n) is 5.87. The van der Waals surface area contributed by atoms with Gasteiger partial charge in [-0.3, -0.25) is 10.1 Å². The predicted octanol–water partition coefficient (Wildman–Crippen LogP) is 1.61.